The van der Waals surface area contributed by atoms with Crippen LogP contribution in [0.4, 0.5) is 5.69 Å². The van der Waals surface area contributed by atoms with E-state index in [0.717, 1.165) is 60.8 Å². The molecule has 0 aliphatic carbocycles. The Morgan fingerprint density at radius 2 is 1.93 bits per heavy atom. The van der Waals surface area contributed by atoms with Crippen molar-refractivity contribution in [1.82, 2.24) is 10.6 Å². The van der Waals surface area contributed by atoms with Gasteiger partial charge in [-0.05, 0) is 48.2 Å². The zero-order valence-electron chi connectivity index (χ0n) is 26.2. The van der Waals surface area contributed by atoms with Gasteiger partial charge in [0.2, 0.25) is 5.91 Å². The second-order valence-corrected chi connectivity index (χ2v) is 11.4. The monoisotopic (exact) mass is 599 g/mol. The standard InChI is InChI=1S/C33H49N3O7/c1-25(20-39-4)21-40-22-26-6-9-28(10-7-26)33(43-24-32(37)34-2)12-13-35-19-31(33)42-23-27-8-11-30-29(18-27)36(15-17-41-30)14-5-16-38-3/h6-11,18,25,31,35H,5,12-17,19-24H2,1-4H3,(H,34,37)/t25?,31-,33-/m0/s1. The van der Waals surface area contributed by atoms with Gasteiger partial charge in [0.05, 0.1) is 38.7 Å². The van der Waals surface area contributed by atoms with Crippen molar-refractivity contribution in [2.45, 2.75) is 44.7 Å². The van der Waals surface area contributed by atoms with E-state index >= 15 is 0 Å². The van der Waals surface area contributed by atoms with Crippen molar-refractivity contribution < 1.29 is 33.2 Å². The van der Waals surface area contributed by atoms with Gasteiger partial charge in [0.15, 0.2) is 0 Å². The lowest BCUT2D eigenvalue weighted by atomic mass is 9.82. The number of ether oxygens (including phenoxy) is 6. The molecule has 2 aliphatic heterocycles. The third-order valence-electron chi connectivity index (χ3n) is 8.04. The first kappa shape index (κ1) is 33.2. The molecule has 0 bridgehead atoms. The van der Waals surface area contributed by atoms with Crippen molar-refractivity contribution in [3.05, 3.63) is 59.2 Å². The van der Waals surface area contributed by atoms with Gasteiger partial charge in [-0.2, -0.15) is 0 Å². The average molecular weight is 600 g/mol. The fourth-order valence-electron chi connectivity index (χ4n) is 5.70. The maximum Gasteiger partial charge on any atom is 0.245 e. The van der Waals surface area contributed by atoms with Crippen LogP contribution in [-0.4, -0.2) is 92.5 Å². The predicted molar refractivity (Wildman–Crippen MR) is 166 cm³/mol. The summed E-state index contributed by atoms with van der Waals surface area (Å²) in [4.78, 5) is 14.7. The van der Waals surface area contributed by atoms with Crippen molar-refractivity contribution in [2.24, 2.45) is 5.92 Å². The first-order chi connectivity index (χ1) is 21.0. The Morgan fingerprint density at radius 1 is 1.12 bits per heavy atom. The highest BCUT2D eigenvalue weighted by Crippen LogP contribution is 2.38. The van der Waals surface area contributed by atoms with E-state index in [1.807, 2.05) is 6.07 Å². The van der Waals surface area contributed by atoms with Crippen molar-refractivity contribution in [2.75, 3.05) is 85.4 Å². The zero-order chi connectivity index (χ0) is 30.5. The number of benzene rings is 2. The van der Waals surface area contributed by atoms with Crippen LogP contribution in [0.5, 0.6) is 5.75 Å². The van der Waals surface area contributed by atoms with E-state index in [1.54, 1.807) is 21.3 Å². The number of rotatable bonds is 17. The SMILES string of the molecule is CNC(=O)CO[C@]1(c2ccc(COCC(C)COC)cc2)CCNC[C@@H]1OCc1ccc2c(c1)N(CCCOC)CCO2. The van der Waals surface area contributed by atoms with Crippen LogP contribution >= 0.6 is 0 Å². The van der Waals surface area contributed by atoms with Crippen LogP contribution in [0.2, 0.25) is 0 Å². The van der Waals surface area contributed by atoms with E-state index in [-0.39, 0.29) is 18.6 Å². The highest BCUT2D eigenvalue weighted by molar-refractivity contribution is 5.76. The molecule has 1 amide bonds. The average Bonchev–Trinajstić information content (AvgIpc) is 3.03. The molecule has 10 heteroatoms. The van der Waals surface area contributed by atoms with Crippen LogP contribution in [0.3, 0.4) is 0 Å². The molecule has 43 heavy (non-hydrogen) atoms. The van der Waals surface area contributed by atoms with Gasteiger partial charge in [-0.15, -0.1) is 0 Å². The molecule has 2 N–H and O–H groups in total. The maximum absolute atomic E-state index is 12.3. The van der Waals surface area contributed by atoms with Gasteiger partial charge in [0.1, 0.15) is 30.7 Å². The van der Waals surface area contributed by atoms with Crippen molar-refractivity contribution >= 4 is 11.6 Å². The minimum Gasteiger partial charge on any atom is -0.490 e. The summed E-state index contributed by atoms with van der Waals surface area (Å²) in [5, 5.41) is 6.14. The predicted octanol–water partition coefficient (Wildman–Crippen LogP) is 3.26. The Morgan fingerprint density at radius 3 is 2.70 bits per heavy atom. The molecule has 2 aliphatic rings. The van der Waals surface area contributed by atoms with Crippen molar-refractivity contribution in [3.8, 4) is 5.75 Å². The van der Waals surface area contributed by atoms with E-state index in [1.165, 1.54) is 0 Å². The summed E-state index contributed by atoms with van der Waals surface area (Å²) in [6.45, 7) is 8.80. The van der Waals surface area contributed by atoms with Crippen molar-refractivity contribution in [1.29, 1.82) is 0 Å². The van der Waals surface area contributed by atoms with Gasteiger partial charge in [0.25, 0.3) is 0 Å². The second kappa shape index (κ2) is 16.9. The molecule has 1 saturated heterocycles. The zero-order valence-corrected chi connectivity index (χ0v) is 26.2. The number of amides is 1. The summed E-state index contributed by atoms with van der Waals surface area (Å²) in [6, 6.07) is 14.6. The number of piperidine rings is 1. The van der Waals surface area contributed by atoms with Gasteiger partial charge in [-0.25, -0.2) is 0 Å². The number of fused-ring (bicyclic) bond motifs is 1. The maximum atomic E-state index is 12.3. The summed E-state index contributed by atoms with van der Waals surface area (Å²) >= 11 is 0. The molecule has 0 radical (unpaired) electrons. The summed E-state index contributed by atoms with van der Waals surface area (Å²) in [7, 11) is 5.06. The third kappa shape index (κ3) is 9.14. The minimum absolute atomic E-state index is 0.0504. The summed E-state index contributed by atoms with van der Waals surface area (Å²) in [5.41, 5.74) is 3.42. The number of carbonyl (C=O) groups is 1. The normalized spacial score (nSPS) is 20.7. The van der Waals surface area contributed by atoms with Crippen LogP contribution in [-0.2, 0) is 47.3 Å². The lowest BCUT2D eigenvalue weighted by Gasteiger charge is -2.44. The summed E-state index contributed by atoms with van der Waals surface area (Å²) in [5.74, 6) is 1.06. The van der Waals surface area contributed by atoms with Gasteiger partial charge in [-0.1, -0.05) is 37.3 Å². The molecule has 1 fully saturated rings. The van der Waals surface area contributed by atoms with Crippen LogP contribution in [0.1, 0.15) is 36.5 Å². The van der Waals surface area contributed by atoms with Gasteiger partial charge in [-0.3, -0.25) is 4.79 Å². The van der Waals surface area contributed by atoms with E-state index in [0.29, 0.717) is 51.9 Å². The number of hydrogen-bond acceptors (Lipinski definition) is 9. The number of likely N-dealkylation sites (N-methyl/N-ethyl adjacent to an activating group) is 1. The molecule has 2 aromatic rings. The Bertz CT molecular complexity index is 1130. The lowest BCUT2D eigenvalue weighted by molar-refractivity contribution is -0.175. The number of anilines is 1. The molecule has 238 valence electrons. The quantitative estimate of drug-likeness (QED) is 0.266. The highest BCUT2D eigenvalue weighted by Gasteiger charge is 2.45. The fourth-order valence-corrected chi connectivity index (χ4v) is 5.70. The van der Waals surface area contributed by atoms with E-state index in [4.69, 9.17) is 28.4 Å². The number of nitrogens with zero attached hydrogens (tertiary/aromatic N) is 1. The molecule has 3 atom stereocenters. The Labute approximate surface area is 256 Å². The molecule has 2 heterocycles. The number of nitrogens with one attached hydrogen (secondary N) is 2. The van der Waals surface area contributed by atoms with Crippen LogP contribution in [0.25, 0.3) is 0 Å². The van der Waals surface area contributed by atoms with E-state index in [2.05, 4.69) is 58.9 Å². The third-order valence-corrected chi connectivity index (χ3v) is 8.04. The highest BCUT2D eigenvalue weighted by atomic mass is 16.6. The van der Waals surface area contributed by atoms with E-state index in [9.17, 15) is 4.79 Å². The molecule has 2 aromatic carbocycles. The molecular formula is C33H49N3O7. The smallest absolute Gasteiger partial charge is 0.245 e. The van der Waals surface area contributed by atoms with Crippen LogP contribution < -0.4 is 20.3 Å². The Hall–Kier alpha value is -2.73. The molecule has 0 aromatic heterocycles. The van der Waals surface area contributed by atoms with Crippen molar-refractivity contribution in [3.63, 3.8) is 0 Å². The number of hydrogen-bond donors (Lipinski definition) is 2. The minimum atomic E-state index is -0.784. The molecule has 10 nitrogen and oxygen atoms in total. The lowest BCUT2D eigenvalue weighted by Crippen LogP contribution is -2.55. The van der Waals surface area contributed by atoms with Crippen LogP contribution in [0, 0.1) is 5.92 Å². The topological polar surface area (TPSA) is 99.8 Å². The molecule has 0 spiro atoms. The van der Waals surface area contributed by atoms with Gasteiger partial charge in [0, 0.05) is 46.9 Å². The van der Waals surface area contributed by atoms with Gasteiger partial charge >= 0.3 is 0 Å². The molecule has 4 rings (SSSR count). The van der Waals surface area contributed by atoms with E-state index < -0.39 is 5.60 Å². The largest absolute Gasteiger partial charge is 0.490 e. The molecule has 0 saturated carbocycles. The first-order valence-corrected chi connectivity index (χ1v) is 15.3. The first-order valence-electron chi connectivity index (χ1n) is 15.3. The fraction of sp³-hybridized carbons (Fsp3) is 0.606. The number of methoxy groups -OCH3 is 2. The Kier molecular flexibility index (Phi) is 13.1. The molecular weight excluding hydrogens is 550 g/mol. The second-order valence-electron chi connectivity index (χ2n) is 11.4. The molecule has 1 unspecified atom stereocenters. The summed E-state index contributed by atoms with van der Waals surface area (Å²) in [6.07, 6.45) is 1.31. The number of carbonyl (C=O) groups excluding carboxylic acids is 1. The van der Waals surface area contributed by atoms with Crippen LogP contribution in [0.15, 0.2) is 42.5 Å². The van der Waals surface area contributed by atoms with Gasteiger partial charge < -0.3 is 44.0 Å². The Balaban J connectivity index is 1.49. The summed E-state index contributed by atoms with van der Waals surface area (Å²) < 4.78 is 35.4.